The molecule has 1 saturated heterocycles. The lowest BCUT2D eigenvalue weighted by atomic mass is 9.85. The average molecular weight is 308 g/mol. The lowest BCUT2D eigenvalue weighted by molar-refractivity contribution is -0.164. The van der Waals surface area contributed by atoms with Crippen LogP contribution in [0.25, 0.3) is 0 Å². The second-order valence-corrected chi connectivity index (χ2v) is 7.03. The Morgan fingerprint density at radius 3 is 2.57 bits per heavy atom. The Labute approximate surface area is 128 Å². The van der Waals surface area contributed by atoms with Crippen molar-refractivity contribution in [1.29, 1.82) is 0 Å². The molecule has 2 saturated carbocycles. The fourth-order valence-electron chi connectivity index (χ4n) is 4.14. The van der Waals surface area contributed by atoms with Gasteiger partial charge in [0.15, 0.2) is 4.87 Å². The van der Waals surface area contributed by atoms with Crippen LogP contribution >= 0.6 is 11.6 Å². The van der Waals surface area contributed by atoms with E-state index in [-0.39, 0.29) is 11.5 Å². The van der Waals surface area contributed by atoms with Gasteiger partial charge in [-0.05, 0) is 24.8 Å². The van der Waals surface area contributed by atoms with Crippen LogP contribution in [0.5, 0.6) is 0 Å². The Kier molecular flexibility index (Phi) is 2.58. The number of hydroxylamine groups is 2. The first kappa shape index (κ1) is 13.6. The van der Waals surface area contributed by atoms with Gasteiger partial charge in [-0.2, -0.15) is 5.06 Å². The first-order valence-electron chi connectivity index (χ1n) is 7.25. The molecule has 2 aliphatic carbocycles. The monoisotopic (exact) mass is 307 g/mol. The van der Waals surface area contributed by atoms with Crippen LogP contribution in [0.4, 0.5) is 0 Å². The number of methoxy groups -OCH3 is 1. The Morgan fingerprint density at radius 2 is 2.05 bits per heavy atom. The molecule has 4 nitrogen and oxygen atoms in total. The molecule has 0 amide bonds. The summed E-state index contributed by atoms with van der Waals surface area (Å²) in [7, 11) is 3.24. The highest BCUT2D eigenvalue weighted by Crippen LogP contribution is 2.82. The third-order valence-electron chi connectivity index (χ3n) is 5.40. The summed E-state index contributed by atoms with van der Waals surface area (Å²) >= 11 is 6.95. The molecule has 4 rings (SSSR count). The summed E-state index contributed by atoms with van der Waals surface area (Å²) in [5.41, 5.74) is 0.449. The number of hydrogen-bond donors (Lipinski definition) is 0. The minimum atomic E-state index is -1.19. The minimum Gasteiger partial charge on any atom is -0.468 e. The Morgan fingerprint density at radius 1 is 1.38 bits per heavy atom. The van der Waals surface area contributed by atoms with Crippen LogP contribution in [0.1, 0.15) is 30.9 Å². The van der Waals surface area contributed by atoms with Gasteiger partial charge >= 0.3 is 5.97 Å². The molecule has 1 aromatic carbocycles. The Balaban J connectivity index is 1.84. The van der Waals surface area contributed by atoms with Crippen LogP contribution < -0.4 is 0 Å². The number of rotatable bonds is 2. The molecule has 1 aromatic rings. The average Bonchev–Trinajstić information content (AvgIpc) is 3.37. The third-order valence-corrected chi connectivity index (χ3v) is 6.06. The van der Waals surface area contributed by atoms with Crippen LogP contribution in [0.3, 0.4) is 0 Å². The fourth-order valence-corrected chi connectivity index (χ4v) is 4.79. The summed E-state index contributed by atoms with van der Waals surface area (Å²) in [4.78, 5) is 17.5. The van der Waals surface area contributed by atoms with Crippen molar-refractivity contribution in [3.8, 4) is 0 Å². The number of ether oxygens (including phenoxy) is 1. The molecule has 21 heavy (non-hydrogen) atoms. The second kappa shape index (κ2) is 4.00. The van der Waals surface area contributed by atoms with Gasteiger partial charge in [0.05, 0.1) is 13.2 Å². The van der Waals surface area contributed by atoms with E-state index in [4.69, 9.17) is 21.2 Å². The van der Waals surface area contributed by atoms with Gasteiger partial charge in [-0.3, -0.25) is 4.84 Å². The van der Waals surface area contributed by atoms with E-state index in [1.165, 1.54) is 7.11 Å². The number of alkyl halides is 1. The number of carbonyl (C=O) groups excluding carboxylic acids is 1. The number of nitrogens with zero attached hydrogens (tertiary/aromatic N) is 1. The summed E-state index contributed by atoms with van der Waals surface area (Å²) in [6.07, 6.45) is 2.99. The Bertz CT molecular complexity index is 603. The molecule has 5 heteroatoms. The molecular weight excluding hydrogens is 290 g/mol. The van der Waals surface area contributed by atoms with Gasteiger partial charge in [0.1, 0.15) is 5.60 Å². The first-order valence-corrected chi connectivity index (χ1v) is 7.63. The van der Waals surface area contributed by atoms with Crippen LogP contribution in [-0.4, -0.2) is 35.7 Å². The number of fused-ring (bicyclic) bond motifs is 1. The molecule has 3 fully saturated rings. The van der Waals surface area contributed by atoms with Crippen molar-refractivity contribution in [1.82, 2.24) is 5.06 Å². The summed E-state index contributed by atoms with van der Waals surface area (Å²) in [5.74, 6) is -0.397. The molecule has 1 aliphatic heterocycles. The maximum absolute atomic E-state index is 12.6. The van der Waals surface area contributed by atoms with Crippen molar-refractivity contribution >= 4 is 17.6 Å². The largest absolute Gasteiger partial charge is 0.468 e. The van der Waals surface area contributed by atoms with Crippen molar-refractivity contribution in [2.24, 2.45) is 5.41 Å². The molecule has 0 N–H and O–H groups in total. The molecule has 3 aliphatic rings. The van der Waals surface area contributed by atoms with Crippen LogP contribution in [0.15, 0.2) is 30.3 Å². The van der Waals surface area contributed by atoms with E-state index >= 15 is 0 Å². The smallest absolute Gasteiger partial charge is 0.332 e. The predicted molar refractivity (Wildman–Crippen MR) is 77.6 cm³/mol. The maximum atomic E-state index is 12.6. The van der Waals surface area contributed by atoms with E-state index < -0.39 is 16.4 Å². The predicted octanol–water partition coefficient (Wildman–Crippen LogP) is 2.68. The molecule has 3 atom stereocenters. The zero-order valence-electron chi connectivity index (χ0n) is 12.1. The second-order valence-electron chi connectivity index (χ2n) is 6.44. The molecular formula is C16H18ClNO3. The van der Waals surface area contributed by atoms with E-state index in [1.54, 1.807) is 5.06 Å². The number of carbonyl (C=O) groups is 1. The van der Waals surface area contributed by atoms with Gasteiger partial charge in [0.2, 0.25) is 0 Å². The van der Waals surface area contributed by atoms with Gasteiger partial charge in [-0.25, -0.2) is 4.79 Å². The van der Waals surface area contributed by atoms with Gasteiger partial charge < -0.3 is 4.74 Å². The fraction of sp³-hybridized carbons (Fsp3) is 0.562. The first-order chi connectivity index (χ1) is 10.0. The number of halogens is 1. The molecule has 0 bridgehead atoms. The number of benzene rings is 1. The molecule has 1 unspecified atom stereocenters. The number of hydrogen-bond acceptors (Lipinski definition) is 4. The van der Waals surface area contributed by atoms with Crippen LogP contribution in [0, 0.1) is 5.41 Å². The van der Waals surface area contributed by atoms with Gasteiger partial charge in [-0.1, -0.05) is 30.3 Å². The SMILES string of the molecule is COC(=O)[C@]1(Cl)[C@H](c2ccccc2)N(C)OC12CC21CC1. The molecule has 112 valence electrons. The standard InChI is InChI=1S/C16H18ClNO3/c1-18-12(11-6-4-3-5-7-11)16(17,13(19)20-2)15(21-18)10-14(15)8-9-14/h3-7,12H,8-10H2,1-2H3/t12-,15?,16+/m0/s1. The van der Waals surface area contributed by atoms with Gasteiger partial charge in [-0.15, -0.1) is 11.6 Å². The van der Waals surface area contributed by atoms with Crippen molar-refractivity contribution < 1.29 is 14.4 Å². The zero-order valence-corrected chi connectivity index (χ0v) is 12.9. The lowest BCUT2D eigenvalue weighted by Crippen LogP contribution is -2.49. The lowest BCUT2D eigenvalue weighted by Gasteiger charge is -2.30. The van der Waals surface area contributed by atoms with E-state index in [0.717, 1.165) is 24.8 Å². The maximum Gasteiger partial charge on any atom is 0.332 e. The zero-order chi connectivity index (χ0) is 14.9. The number of esters is 1. The minimum absolute atomic E-state index is 0.0841. The van der Waals surface area contributed by atoms with E-state index in [1.807, 2.05) is 37.4 Å². The van der Waals surface area contributed by atoms with Gasteiger partial charge in [0.25, 0.3) is 0 Å². The topological polar surface area (TPSA) is 38.8 Å². The summed E-state index contributed by atoms with van der Waals surface area (Å²) in [5, 5.41) is 1.74. The van der Waals surface area contributed by atoms with Gasteiger partial charge in [0, 0.05) is 12.5 Å². The summed E-state index contributed by atoms with van der Waals surface area (Å²) in [6.45, 7) is 0. The third kappa shape index (κ3) is 1.46. The highest BCUT2D eigenvalue weighted by atomic mass is 35.5. The Hall–Kier alpha value is -1.10. The normalized spacial score (nSPS) is 39.7. The van der Waals surface area contributed by atoms with Crippen molar-refractivity contribution in [3.63, 3.8) is 0 Å². The molecule has 0 radical (unpaired) electrons. The highest BCUT2D eigenvalue weighted by molar-refractivity contribution is 6.36. The summed E-state index contributed by atoms with van der Waals surface area (Å²) < 4.78 is 5.06. The van der Waals surface area contributed by atoms with Crippen molar-refractivity contribution in [2.45, 2.75) is 35.8 Å². The molecule has 2 spiro atoms. The molecule has 0 aromatic heterocycles. The van der Waals surface area contributed by atoms with E-state index in [9.17, 15) is 4.79 Å². The summed E-state index contributed by atoms with van der Waals surface area (Å²) in [6, 6.07) is 9.46. The van der Waals surface area contributed by atoms with Crippen LogP contribution in [0.2, 0.25) is 0 Å². The van der Waals surface area contributed by atoms with Crippen LogP contribution in [-0.2, 0) is 14.4 Å². The van der Waals surface area contributed by atoms with Crippen molar-refractivity contribution in [2.75, 3.05) is 14.2 Å². The molecule has 1 heterocycles. The highest BCUT2D eigenvalue weighted by Gasteiger charge is 2.89. The van der Waals surface area contributed by atoms with Crippen molar-refractivity contribution in [3.05, 3.63) is 35.9 Å². The van der Waals surface area contributed by atoms with E-state index in [0.29, 0.717) is 0 Å². The van der Waals surface area contributed by atoms with E-state index in [2.05, 4.69) is 0 Å². The quantitative estimate of drug-likeness (QED) is 0.622.